The highest BCUT2D eigenvalue weighted by atomic mass is 16.6. The predicted octanol–water partition coefficient (Wildman–Crippen LogP) is 8.28. The molecule has 0 saturated carbocycles. The molecule has 1 amide bonds. The maximum Gasteiger partial charge on any atom is 0.311 e. The van der Waals surface area contributed by atoms with Gasteiger partial charge in [0, 0.05) is 41.8 Å². The fraction of sp³-hybridized carbons (Fsp3) is 0.175. The number of esters is 1. The molecule has 5 aromatic carbocycles. The number of ketones is 1. The number of Topliss-reactive ketones (excluding diaryl/α,β-unsaturated/α-hetero) is 1. The first-order valence-electron chi connectivity index (χ1n) is 16.0. The third-order valence-corrected chi connectivity index (χ3v) is 8.72. The zero-order chi connectivity index (χ0) is 35.3. The van der Waals surface area contributed by atoms with Gasteiger partial charge in [0.15, 0.2) is 12.4 Å². The second-order valence-electron chi connectivity index (χ2n) is 12.4. The van der Waals surface area contributed by atoms with Crippen molar-refractivity contribution in [3.8, 4) is 23.0 Å². The van der Waals surface area contributed by atoms with Crippen molar-refractivity contribution in [3.63, 3.8) is 0 Å². The Balaban J connectivity index is 0.982. The first-order chi connectivity index (χ1) is 24.1. The highest BCUT2D eigenvalue weighted by molar-refractivity contribution is 6.01. The Kier molecular flexibility index (Phi) is 9.71. The molecule has 0 unspecified atom stereocenters. The van der Waals surface area contributed by atoms with E-state index in [1.54, 1.807) is 36.4 Å². The zero-order valence-corrected chi connectivity index (χ0v) is 27.5. The summed E-state index contributed by atoms with van der Waals surface area (Å²) in [6.07, 6.45) is -0.0222. The van der Waals surface area contributed by atoms with Gasteiger partial charge in [0.25, 0.3) is 5.69 Å². The number of rotatable bonds is 12. The average molecular weight is 671 g/mol. The van der Waals surface area contributed by atoms with Crippen LogP contribution >= 0.6 is 0 Å². The molecule has 1 aliphatic heterocycles. The lowest BCUT2D eigenvalue weighted by Crippen LogP contribution is -2.27. The van der Waals surface area contributed by atoms with Crippen LogP contribution in [-0.2, 0) is 19.7 Å². The van der Waals surface area contributed by atoms with Crippen molar-refractivity contribution in [1.82, 2.24) is 0 Å². The molecule has 1 saturated heterocycles. The van der Waals surface area contributed by atoms with E-state index in [4.69, 9.17) is 14.2 Å². The molecule has 1 aliphatic rings. The second kappa shape index (κ2) is 14.4. The summed E-state index contributed by atoms with van der Waals surface area (Å²) in [4.78, 5) is 50.2. The summed E-state index contributed by atoms with van der Waals surface area (Å²) >= 11 is 0. The average Bonchev–Trinajstić information content (AvgIpc) is 3.53. The Bertz CT molecular complexity index is 1990. The van der Waals surface area contributed by atoms with Gasteiger partial charge in [0.05, 0.1) is 10.8 Å². The van der Waals surface area contributed by atoms with Crippen molar-refractivity contribution in [1.29, 1.82) is 0 Å². The highest BCUT2D eigenvalue weighted by Crippen LogP contribution is 2.34. The van der Waals surface area contributed by atoms with Gasteiger partial charge in [-0.15, -0.1) is 0 Å². The summed E-state index contributed by atoms with van der Waals surface area (Å²) in [5.74, 6) is 0.168. The molecule has 0 N–H and O–H groups in total. The van der Waals surface area contributed by atoms with Crippen LogP contribution in [0, 0.1) is 16.0 Å². The van der Waals surface area contributed by atoms with E-state index >= 15 is 0 Å². The molecule has 5 aromatic rings. The molecule has 1 fully saturated rings. The monoisotopic (exact) mass is 670 g/mol. The number of hydrogen-bond acceptors (Lipinski definition) is 8. The van der Waals surface area contributed by atoms with Crippen molar-refractivity contribution in [3.05, 3.63) is 154 Å². The number of anilines is 1. The molecule has 1 heterocycles. The maximum atomic E-state index is 12.8. The number of amides is 1. The lowest BCUT2D eigenvalue weighted by Gasteiger charge is -2.26. The number of carbonyl (C=O) groups excluding carboxylic acids is 3. The minimum atomic E-state index is -0.706. The predicted molar refractivity (Wildman–Crippen MR) is 187 cm³/mol. The second-order valence-corrected chi connectivity index (χ2v) is 12.4. The molecule has 252 valence electrons. The lowest BCUT2D eigenvalue weighted by atomic mass is 9.78. The maximum absolute atomic E-state index is 12.8. The summed E-state index contributed by atoms with van der Waals surface area (Å²) in [6.45, 7) is 4.04. The first-order valence-corrected chi connectivity index (χ1v) is 16.0. The number of non-ortho nitro benzene ring substituents is 1. The first kappa shape index (κ1) is 33.6. The van der Waals surface area contributed by atoms with Gasteiger partial charge in [0.1, 0.15) is 23.0 Å². The zero-order valence-electron chi connectivity index (χ0n) is 27.5. The summed E-state index contributed by atoms with van der Waals surface area (Å²) < 4.78 is 17.0. The summed E-state index contributed by atoms with van der Waals surface area (Å²) in [7, 11) is 0. The van der Waals surface area contributed by atoms with Crippen molar-refractivity contribution in [2.75, 3.05) is 18.1 Å². The number of carbonyl (C=O) groups is 3. The number of ether oxygens (including phenoxy) is 3. The van der Waals surface area contributed by atoms with Crippen LogP contribution in [0.2, 0.25) is 0 Å². The fourth-order valence-corrected chi connectivity index (χ4v) is 5.73. The Morgan fingerprint density at radius 3 is 1.80 bits per heavy atom. The molecule has 0 radical (unpaired) electrons. The molecule has 1 atom stereocenters. The van der Waals surface area contributed by atoms with Crippen LogP contribution in [0.3, 0.4) is 0 Å². The van der Waals surface area contributed by atoms with E-state index in [1.165, 1.54) is 52.4 Å². The normalized spacial score (nSPS) is 14.2. The van der Waals surface area contributed by atoms with Gasteiger partial charge in [-0.2, -0.15) is 0 Å². The van der Waals surface area contributed by atoms with Crippen LogP contribution in [0.15, 0.2) is 127 Å². The van der Waals surface area contributed by atoms with Crippen LogP contribution in [0.25, 0.3) is 0 Å². The van der Waals surface area contributed by atoms with Gasteiger partial charge in [-0.3, -0.25) is 24.5 Å². The van der Waals surface area contributed by atoms with E-state index in [0.717, 1.165) is 0 Å². The van der Waals surface area contributed by atoms with Crippen molar-refractivity contribution in [2.45, 2.75) is 25.7 Å². The smallest absolute Gasteiger partial charge is 0.311 e. The molecular weight excluding hydrogens is 636 g/mol. The third-order valence-electron chi connectivity index (χ3n) is 8.72. The molecular formula is C40H34N2O8. The number of nitro groups is 1. The number of nitro benzene ring substituents is 1. The largest absolute Gasteiger partial charge is 0.457 e. The molecule has 50 heavy (non-hydrogen) atoms. The molecule has 6 rings (SSSR count). The molecule has 0 aliphatic carbocycles. The van der Waals surface area contributed by atoms with Crippen molar-refractivity contribution >= 4 is 29.0 Å². The van der Waals surface area contributed by atoms with Crippen LogP contribution in [-0.4, -0.2) is 35.7 Å². The van der Waals surface area contributed by atoms with E-state index in [-0.39, 0.29) is 30.0 Å². The van der Waals surface area contributed by atoms with Gasteiger partial charge < -0.3 is 19.1 Å². The molecule has 10 nitrogen and oxygen atoms in total. The topological polar surface area (TPSA) is 125 Å². The minimum absolute atomic E-state index is 0.0222. The lowest BCUT2D eigenvalue weighted by molar-refractivity contribution is -0.384. The van der Waals surface area contributed by atoms with E-state index < -0.39 is 29.2 Å². The standard InChI is InChI=1S/C40H34N2O8/c1-40(2,29-6-4-3-5-7-29)30-10-18-34(19-11-30)50-35-20-12-31(13-21-35)41-25-28(24-38(41)44)39(45)48-26-37(43)27-8-16-33(17-9-27)49-36-22-14-32(15-23-36)42(46)47/h3-23,28H,24-26H2,1-2H3/t28-/m0/s1. The minimum Gasteiger partial charge on any atom is -0.457 e. The molecule has 0 bridgehead atoms. The molecule has 10 heteroatoms. The van der Waals surface area contributed by atoms with Crippen LogP contribution in [0.4, 0.5) is 11.4 Å². The Morgan fingerprint density at radius 2 is 1.24 bits per heavy atom. The number of nitrogens with zero attached hydrogens (tertiary/aromatic N) is 2. The van der Waals surface area contributed by atoms with Gasteiger partial charge in [-0.1, -0.05) is 56.3 Å². The van der Waals surface area contributed by atoms with E-state index in [1.807, 2.05) is 30.3 Å². The fourth-order valence-electron chi connectivity index (χ4n) is 5.73. The Hall–Kier alpha value is -6.29. The van der Waals surface area contributed by atoms with Gasteiger partial charge in [-0.25, -0.2) is 0 Å². The SMILES string of the molecule is CC(C)(c1ccccc1)c1ccc(Oc2ccc(N3C[C@@H](C(=O)OCC(=O)c4ccc(Oc5ccc([N+](=O)[O-])cc5)cc4)CC3=O)cc2)cc1. The summed E-state index contributed by atoms with van der Waals surface area (Å²) in [6, 6.07) is 37.2. The van der Waals surface area contributed by atoms with Gasteiger partial charge in [0.2, 0.25) is 5.91 Å². The quantitative estimate of drug-likeness (QED) is 0.0562. The Morgan fingerprint density at radius 1 is 0.740 bits per heavy atom. The Labute approximate surface area is 289 Å². The van der Waals surface area contributed by atoms with Crippen LogP contribution in [0.1, 0.15) is 41.8 Å². The van der Waals surface area contributed by atoms with Crippen molar-refractivity contribution in [2.24, 2.45) is 5.92 Å². The van der Waals surface area contributed by atoms with E-state index in [2.05, 4.69) is 38.1 Å². The van der Waals surface area contributed by atoms with Gasteiger partial charge >= 0.3 is 5.97 Å². The van der Waals surface area contributed by atoms with Crippen LogP contribution in [0.5, 0.6) is 23.0 Å². The van der Waals surface area contributed by atoms with E-state index in [0.29, 0.717) is 34.2 Å². The number of hydrogen-bond donors (Lipinski definition) is 0. The summed E-state index contributed by atoms with van der Waals surface area (Å²) in [5, 5.41) is 10.8. The number of benzene rings is 5. The molecule has 0 spiro atoms. The van der Waals surface area contributed by atoms with Gasteiger partial charge in [-0.05, 0) is 83.9 Å². The summed E-state index contributed by atoms with van der Waals surface area (Å²) in [5.41, 5.74) is 3.12. The third kappa shape index (κ3) is 7.71. The highest BCUT2D eigenvalue weighted by Gasteiger charge is 2.36. The van der Waals surface area contributed by atoms with E-state index in [9.17, 15) is 24.5 Å². The molecule has 0 aromatic heterocycles. The van der Waals surface area contributed by atoms with Crippen molar-refractivity contribution < 1.29 is 33.5 Å². The van der Waals surface area contributed by atoms with Crippen LogP contribution < -0.4 is 14.4 Å².